The van der Waals surface area contributed by atoms with Gasteiger partial charge in [0.1, 0.15) is 40.6 Å². The molecule has 3 N–H and O–H groups in total. The molecule has 0 saturated heterocycles. The fourth-order valence-electron chi connectivity index (χ4n) is 4.59. The van der Waals surface area contributed by atoms with E-state index in [4.69, 9.17) is 14.2 Å². The van der Waals surface area contributed by atoms with Crippen LogP contribution in [-0.2, 0) is 15.0 Å². The van der Waals surface area contributed by atoms with E-state index in [-0.39, 0.29) is 46.1 Å². The highest BCUT2D eigenvalue weighted by molar-refractivity contribution is 6.31. The van der Waals surface area contributed by atoms with Crippen molar-refractivity contribution in [2.24, 2.45) is 0 Å². The van der Waals surface area contributed by atoms with E-state index in [1.165, 1.54) is 26.8 Å². The number of aromatic hydroxyl groups is 2. The van der Waals surface area contributed by atoms with Gasteiger partial charge in [-0.05, 0) is 39.8 Å². The van der Waals surface area contributed by atoms with Crippen molar-refractivity contribution in [2.75, 3.05) is 20.3 Å². The van der Waals surface area contributed by atoms with Gasteiger partial charge in [-0.1, -0.05) is 12.1 Å². The smallest absolute Gasteiger partial charge is 0.194 e. The van der Waals surface area contributed by atoms with Crippen molar-refractivity contribution in [3.05, 3.63) is 64.1 Å². The second kappa shape index (κ2) is 9.07. The van der Waals surface area contributed by atoms with Crippen LogP contribution in [0.3, 0.4) is 0 Å². The van der Waals surface area contributed by atoms with Crippen molar-refractivity contribution in [2.45, 2.75) is 33.1 Å². The highest BCUT2D eigenvalue weighted by Crippen LogP contribution is 2.57. The molecule has 0 aromatic heterocycles. The monoisotopic (exact) mass is 493 g/mol. The minimum absolute atomic E-state index is 0.00800. The molecule has 0 unspecified atom stereocenters. The van der Waals surface area contributed by atoms with Gasteiger partial charge < -0.3 is 29.7 Å². The topological polar surface area (TPSA) is 131 Å². The van der Waals surface area contributed by atoms with Crippen LogP contribution in [0.4, 0.5) is 0 Å². The third-order valence-electron chi connectivity index (χ3n) is 6.58. The molecule has 2 aromatic rings. The molecular formula is C27H27NO8. The van der Waals surface area contributed by atoms with Crippen molar-refractivity contribution >= 4 is 17.3 Å². The molecule has 188 valence electrons. The summed E-state index contributed by atoms with van der Waals surface area (Å²) in [6, 6.07) is 7.19. The number of carbonyl (C=O) groups excluding carboxylic acids is 3. The quantitative estimate of drug-likeness (QED) is 0.230. The number of rotatable bonds is 7. The van der Waals surface area contributed by atoms with E-state index in [1.807, 2.05) is 12.1 Å². The van der Waals surface area contributed by atoms with Gasteiger partial charge in [0.25, 0.3) is 0 Å². The minimum atomic E-state index is -1.55. The number of ether oxygens (including phenoxy) is 3. The fraction of sp³-hybridized carbons (Fsp3) is 0.296. The van der Waals surface area contributed by atoms with Gasteiger partial charge in [-0.15, -0.1) is 0 Å². The number of ketones is 3. The second-order valence-electron chi connectivity index (χ2n) is 8.81. The first kappa shape index (κ1) is 24.8. The Hall–Kier alpha value is -4.27. The summed E-state index contributed by atoms with van der Waals surface area (Å²) in [4.78, 5) is 39.0. The minimum Gasteiger partial charge on any atom is -0.507 e. The maximum atomic E-state index is 13.8. The number of benzene rings is 2. The number of methoxy groups -OCH3 is 1. The van der Waals surface area contributed by atoms with Crippen molar-refractivity contribution in [1.29, 1.82) is 0 Å². The largest absolute Gasteiger partial charge is 0.507 e. The molecule has 1 aliphatic carbocycles. The number of allylic oxidation sites excluding steroid dienone is 4. The van der Waals surface area contributed by atoms with Crippen LogP contribution in [0.15, 0.2) is 47.4 Å². The number of Topliss-reactive ketones (excluding diaryl/α,β-unsaturated/α-hetero) is 2. The average molecular weight is 494 g/mol. The van der Waals surface area contributed by atoms with Crippen LogP contribution < -0.4 is 19.5 Å². The van der Waals surface area contributed by atoms with Gasteiger partial charge in [0.05, 0.1) is 18.2 Å². The van der Waals surface area contributed by atoms with Gasteiger partial charge >= 0.3 is 0 Å². The third kappa shape index (κ3) is 3.67. The van der Waals surface area contributed by atoms with Gasteiger partial charge in [0.2, 0.25) is 0 Å². The maximum absolute atomic E-state index is 13.8. The van der Waals surface area contributed by atoms with E-state index in [0.717, 1.165) is 0 Å². The van der Waals surface area contributed by atoms with Crippen LogP contribution in [0.5, 0.6) is 28.7 Å². The molecule has 0 amide bonds. The Morgan fingerprint density at radius 1 is 1.11 bits per heavy atom. The van der Waals surface area contributed by atoms with E-state index in [2.05, 4.69) is 5.32 Å². The Balaban J connectivity index is 1.65. The molecule has 2 aromatic carbocycles. The molecule has 0 bridgehead atoms. The first-order chi connectivity index (χ1) is 17.0. The maximum Gasteiger partial charge on any atom is 0.194 e. The van der Waals surface area contributed by atoms with Gasteiger partial charge in [-0.2, -0.15) is 0 Å². The first-order valence-corrected chi connectivity index (χ1v) is 11.3. The lowest BCUT2D eigenvalue weighted by Gasteiger charge is -2.29. The van der Waals surface area contributed by atoms with Crippen molar-refractivity contribution in [1.82, 2.24) is 5.32 Å². The molecule has 0 spiro atoms. The molecule has 9 nitrogen and oxygen atoms in total. The first-order valence-electron chi connectivity index (χ1n) is 11.3. The number of hydrogen-bond acceptors (Lipinski definition) is 9. The summed E-state index contributed by atoms with van der Waals surface area (Å²) >= 11 is 0. The summed E-state index contributed by atoms with van der Waals surface area (Å²) in [5, 5.41) is 24.4. The number of hydrogen-bond donors (Lipinski definition) is 3. The molecule has 36 heavy (non-hydrogen) atoms. The molecule has 0 radical (unpaired) electrons. The Kier molecular flexibility index (Phi) is 6.26. The van der Waals surface area contributed by atoms with E-state index in [1.54, 1.807) is 26.2 Å². The second-order valence-corrected chi connectivity index (χ2v) is 8.81. The zero-order valence-corrected chi connectivity index (χ0v) is 20.6. The molecular weight excluding hydrogens is 466 g/mol. The molecule has 2 aliphatic rings. The molecule has 1 aliphatic heterocycles. The number of fused-ring (bicyclic) bond motifs is 3. The number of carbonyl (C=O) groups is 3. The van der Waals surface area contributed by atoms with E-state index < -0.39 is 28.5 Å². The predicted molar refractivity (Wildman–Crippen MR) is 130 cm³/mol. The van der Waals surface area contributed by atoms with Gasteiger partial charge in [-0.25, -0.2) is 0 Å². The summed E-state index contributed by atoms with van der Waals surface area (Å²) in [5.41, 5.74) is -1.36. The SMILES string of the molecule is COc1ccccc1OCCN/C(C)=C1\C(=O)C=C2Oc3c(C(C)=O)c(O)c(C)c(O)c3[C@@]2(C)C1=O. The predicted octanol–water partition coefficient (Wildman–Crippen LogP) is 3.25. The molecule has 9 heteroatoms. The van der Waals surface area contributed by atoms with Crippen LogP contribution in [0.25, 0.3) is 0 Å². The van der Waals surface area contributed by atoms with Crippen LogP contribution in [0.2, 0.25) is 0 Å². The van der Waals surface area contributed by atoms with Crippen molar-refractivity contribution < 1.29 is 38.8 Å². The Labute approximate surface area is 208 Å². The number of phenolic OH excluding ortho intramolecular Hbond substituents is 2. The summed E-state index contributed by atoms with van der Waals surface area (Å²) in [7, 11) is 1.54. The lowest BCUT2D eigenvalue weighted by Crippen LogP contribution is -2.41. The van der Waals surface area contributed by atoms with Gasteiger partial charge in [0, 0.05) is 23.9 Å². The van der Waals surface area contributed by atoms with Crippen LogP contribution in [0.1, 0.15) is 42.3 Å². The Bertz CT molecular complexity index is 1370. The molecule has 0 fully saturated rings. The normalized spacial score (nSPS) is 19.6. The lowest BCUT2D eigenvalue weighted by atomic mass is 9.70. The zero-order chi connectivity index (χ0) is 26.4. The summed E-state index contributed by atoms with van der Waals surface area (Å²) in [5.74, 6) is -1.43. The van der Waals surface area contributed by atoms with Crippen LogP contribution >= 0.6 is 0 Å². The van der Waals surface area contributed by atoms with Crippen molar-refractivity contribution in [3.8, 4) is 28.7 Å². The van der Waals surface area contributed by atoms with Crippen LogP contribution in [-0.4, -0.2) is 47.8 Å². The van der Waals surface area contributed by atoms with Gasteiger partial charge in [0.15, 0.2) is 28.8 Å². The van der Waals surface area contributed by atoms with E-state index in [0.29, 0.717) is 23.7 Å². The highest BCUT2D eigenvalue weighted by Gasteiger charge is 2.56. The Morgan fingerprint density at radius 2 is 1.78 bits per heavy atom. The van der Waals surface area contributed by atoms with E-state index in [9.17, 15) is 24.6 Å². The summed E-state index contributed by atoms with van der Waals surface area (Å²) in [6.45, 7) is 6.34. The standard InChI is InChI=1S/C27H27NO8/c1-13-23(31)21(15(3)29)25-22(24(13)32)27(4)19(36-25)12-16(30)20(26(27)33)14(2)28-10-11-35-18-9-7-6-8-17(18)34-5/h6-9,12,28,31-32H,10-11H2,1-5H3/b20-14+/t27-/m0/s1. The average Bonchev–Trinajstić information content (AvgIpc) is 3.13. The molecule has 4 rings (SSSR count). The number of nitrogens with one attached hydrogen (secondary N) is 1. The lowest BCUT2D eigenvalue weighted by molar-refractivity contribution is -0.123. The number of phenols is 2. The molecule has 1 atom stereocenters. The molecule has 0 saturated carbocycles. The fourth-order valence-corrected chi connectivity index (χ4v) is 4.59. The highest BCUT2D eigenvalue weighted by atomic mass is 16.5. The summed E-state index contributed by atoms with van der Waals surface area (Å²) < 4.78 is 16.8. The third-order valence-corrected chi connectivity index (χ3v) is 6.58. The zero-order valence-electron chi connectivity index (χ0n) is 20.6. The Morgan fingerprint density at radius 3 is 2.42 bits per heavy atom. The summed E-state index contributed by atoms with van der Waals surface area (Å²) in [6.07, 6.45) is 1.18. The number of para-hydroxylation sites is 2. The van der Waals surface area contributed by atoms with E-state index >= 15 is 0 Å². The van der Waals surface area contributed by atoms with Gasteiger partial charge in [-0.3, -0.25) is 14.4 Å². The van der Waals surface area contributed by atoms with Crippen molar-refractivity contribution in [3.63, 3.8) is 0 Å². The molecule has 1 heterocycles. The van der Waals surface area contributed by atoms with Crippen LogP contribution in [0, 0.1) is 6.92 Å².